The van der Waals surface area contributed by atoms with Gasteiger partial charge in [0.2, 0.25) is 0 Å². The molecule has 0 radical (unpaired) electrons. The first-order valence-corrected chi connectivity index (χ1v) is 9.47. The Hall–Kier alpha value is -4.14. The van der Waals surface area contributed by atoms with Crippen molar-refractivity contribution in [2.75, 3.05) is 19.4 Å². The van der Waals surface area contributed by atoms with Crippen LogP contribution in [0, 0.1) is 11.8 Å². The van der Waals surface area contributed by atoms with E-state index in [9.17, 15) is 24.6 Å². The van der Waals surface area contributed by atoms with Gasteiger partial charge in [0.1, 0.15) is 17.1 Å². The minimum absolute atomic E-state index is 0.160. The molecule has 11 heteroatoms. The number of amides is 2. The average Bonchev–Trinajstić information content (AvgIpc) is 3.22. The van der Waals surface area contributed by atoms with Gasteiger partial charge in [0.05, 0.1) is 13.7 Å². The van der Waals surface area contributed by atoms with Crippen molar-refractivity contribution in [2.45, 2.75) is 18.4 Å². The summed E-state index contributed by atoms with van der Waals surface area (Å²) in [5, 5.41) is 24.1. The summed E-state index contributed by atoms with van der Waals surface area (Å²) in [6, 6.07) is 6.37. The molecule has 3 heterocycles. The van der Waals surface area contributed by atoms with Crippen LogP contribution in [0.25, 0.3) is 0 Å². The predicted molar refractivity (Wildman–Crippen MR) is 110 cm³/mol. The minimum Gasteiger partial charge on any atom is -0.497 e. The highest BCUT2D eigenvalue weighted by molar-refractivity contribution is 6.00. The summed E-state index contributed by atoms with van der Waals surface area (Å²) in [4.78, 5) is 42.2. The van der Waals surface area contributed by atoms with Crippen molar-refractivity contribution in [3.63, 3.8) is 0 Å². The molecule has 2 atom stereocenters. The molecule has 1 fully saturated rings. The Kier molecular flexibility index (Phi) is 5.17. The number of fused-ring (bicyclic) bond motifs is 1. The van der Waals surface area contributed by atoms with Gasteiger partial charge in [-0.1, -0.05) is 17.9 Å². The maximum absolute atomic E-state index is 12.9. The molecule has 0 spiro atoms. The monoisotopic (exact) mass is 437 g/mol. The van der Waals surface area contributed by atoms with Gasteiger partial charge < -0.3 is 30.9 Å². The van der Waals surface area contributed by atoms with E-state index in [1.165, 1.54) is 24.3 Å². The number of methoxy groups -OCH3 is 1. The lowest BCUT2D eigenvalue weighted by atomic mass is 9.99. The molecule has 2 unspecified atom stereocenters. The number of hydrogen-bond acceptors (Lipinski definition) is 8. The summed E-state index contributed by atoms with van der Waals surface area (Å²) in [6.45, 7) is 0.0894. The second kappa shape index (κ2) is 7.84. The second-order valence-electron chi connectivity index (χ2n) is 7.32. The number of hydrogen-bond donors (Lipinski definition) is 5. The number of carbonyl (C=O) groups excluding carboxylic acids is 2. The number of carboxylic acids is 1. The molecule has 2 aromatic rings. The van der Waals surface area contributed by atoms with Crippen molar-refractivity contribution in [3.05, 3.63) is 52.7 Å². The zero-order valence-electron chi connectivity index (χ0n) is 16.9. The van der Waals surface area contributed by atoms with Gasteiger partial charge in [-0.05, 0) is 23.8 Å². The van der Waals surface area contributed by atoms with E-state index >= 15 is 0 Å². The van der Waals surface area contributed by atoms with Crippen molar-refractivity contribution < 1.29 is 29.3 Å². The van der Waals surface area contributed by atoms with Crippen LogP contribution in [-0.2, 0) is 11.3 Å². The summed E-state index contributed by atoms with van der Waals surface area (Å²) in [6.07, 6.45) is -0.0920. The first-order valence-electron chi connectivity index (χ1n) is 9.47. The summed E-state index contributed by atoms with van der Waals surface area (Å²) in [5.74, 6) is 3.62. The quantitative estimate of drug-likeness (QED) is 0.381. The number of benzene rings is 1. The van der Waals surface area contributed by atoms with E-state index in [1.807, 2.05) is 0 Å². The van der Waals surface area contributed by atoms with Crippen LogP contribution in [0.3, 0.4) is 0 Å². The van der Waals surface area contributed by atoms with Crippen molar-refractivity contribution in [1.29, 1.82) is 0 Å². The molecule has 2 aliphatic rings. The lowest BCUT2D eigenvalue weighted by molar-refractivity contribution is -0.123. The Bertz CT molecular complexity index is 1200. The van der Waals surface area contributed by atoms with Crippen LogP contribution in [0.1, 0.15) is 31.8 Å². The number of nitrogen functional groups attached to an aromatic ring is 1. The zero-order chi connectivity index (χ0) is 23.0. The summed E-state index contributed by atoms with van der Waals surface area (Å²) < 4.78 is 5.17. The van der Waals surface area contributed by atoms with E-state index in [-0.39, 0.29) is 35.9 Å². The zero-order valence-corrected chi connectivity index (χ0v) is 16.9. The molecule has 1 saturated heterocycles. The molecule has 11 nitrogen and oxygen atoms in total. The van der Waals surface area contributed by atoms with Gasteiger partial charge in [-0.25, -0.2) is 15.1 Å². The maximum Gasteiger partial charge on any atom is 0.339 e. The van der Waals surface area contributed by atoms with Crippen molar-refractivity contribution >= 4 is 23.6 Å². The van der Waals surface area contributed by atoms with Crippen LogP contribution in [-0.4, -0.2) is 63.4 Å². The van der Waals surface area contributed by atoms with Gasteiger partial charge in [0.25, 0.3) is 11.8 Å². The van der Waals surface area contributed by atoms with E-state index < -0.39 is 23.8 Å². The van der Waals surface area contributed by atoms with Crippen molar-refractivity contribution in [3.8, 4) is 17.6 Å². The molecule has 0 bridgehead atoms. The number of aromatic nitrogens is 1. The Balaban J connectivity index is 1.66. The van der Waals surface area contributed by atoms with Crippen LogP contribution < -0.4 is 21.1 Å². The van der Waals surface area contributed by atoms with Crippen LogP contribution in [0.5, 0.6) is 5.75 Å². The third kappa shape index (κ3) is 3.68. The van der Waals surface area contributed by atoms with E-state index in [4.69, 9.17) is 10.5 Å². The number of pyridine rings is 1. The molecule has 2 aliphatic heterocycles. The number of anilines is 1. The Morgan fingerprint density at radius 1 is 1.41 bits per heavy atom. The molecule has 2 amide bonds. The maximum atomic E-state index is 12.9. The molecule has 0 aliphatic carbocycles. The summed E-state index contributed by atoms with van der Waals surface area (Å²) in [7, 11) is 1.50. The van der Waals surface area contributed by atoms with E-state index in [1.54, 1.807) is 18.2 Å². The minimum atomic E-state index is -1.63. The van der Waals surface area contributed by atoms with Crippen LogP contribution in [0.4, 0.5) is 5.82 Å². The van der Waals surface area contributed by atoms with Gasteiger partial charge in [-0.3, -0.25) is 9.59 Å². The molecule has 1 aromatic heterocycles. The predicted octanol–water partition coefficient (Wildman–Crippen LogP) is -0.888. The fourth-order valence-corrected chi connectivity index (χ4v) is 3.61. The molecule has 1 aromatic carbocycles. The highest BCUT2D eigenvalue weighted by Crippen LogP contribution is 2.28. The van der Waals surface area contributed by atoms with Gasteiger partial charge in [-0.2, -0.15) is 0 Å². The normalized spacial score (nSPS) is 21.6. The smallest absolute Gasteiger partial charge is 0.339 e. The van der Waals surface area contributed by atoms with Gasteiger partial charge in [0.15, 0.2) is 11.9 Å². The molecule has 6 N–H and O–H groups in total. The fraction of sp³-hybridized carbons (Fsp3) is 0.238. The fourth-order valence-electron chi connectivity index (χ4n) is 3.61. The number of nitrogens with zero attached hydrogens (tertiary/aromatic N) is 2. The topological polar surface area (TPSA) is 167 Å². The molecule has 32 heavy (non-hydrogen) atoms. The number of aliphatic hydroxyl groups is 1. The van der Waals surface area contributed by atoms with Gasteiger partial charge >= 0.3 is 5.97 Å². The van der Waals surface area contributed by atoms with E-state index in [2.05, 4.69) is 27.5 Å². The highest BCUT2D eigenvalue weighted by Gasteiger charge is 2.48. The molecule has 4 rings (SSSR count). The standard InChI is InChI=1S/C21H19N5O6/c1-32-13-3-2-12-9-26(17(27)14(12)7-13)10-21(19(30)24-20(31)25-21)5-4-11-6-15(18(28)29)16(22)23-8-11/h2-3,6-8,20,25,31H,9-10H2,1H3,(H2,22,23)(H,24,30)(H,28,29). The SMILES string of the molecule is COc1ccc2c(c1)C(=O)N(CC1(C#Cc3cnc(N)c(C(=O)O)c3)NC(O)NC1=O)C2. The van der Waals surface area contributed by atoms with Crippen LogP contribution in [0.2, 0.25) is 0 Å². The Morgan fingerprint density at radius 3 is 2.84 bits per heavy atom. The number of nitrogens with one attached hydrogen (secondary N) is 2. The van der Waals surface area contributed by atoms with Gasteiger partial charge in [-0.15, -0.1) is 0 Å². The van der Waals surface area contributed by atoms with Crippen LogP contribution >= 0.6 is 0 Å². The Labute approximate surface area is 182 Å². The van der Waals surface area contributed by atoms with Crippen LogP contribution in [0.15, 0.2) is 30.5 Å². The third-order valence-corrected chi connectivity index (χ3v) is 5.23. The number of aliphatic hydroxyl groups excluding tert-OH is 1. The van der Waals surface area contributed by atoms with Crippen molar-refractivity contribution in [1.82, 2.24) is 20.5 Å². The number of carboxylic acid groups (broad SMARTS) is 1. The first-order chi connectivity index (χ1) is 15.2. The van der Waals surface area contributed by atoms with Crippen molar-refractivity contribution in [2.24, 2.45) is 0 Å². The average molecular weight is 437 g/mol. The summed E-state index contributed by atoms with van der Waals surface area (Å²) >= 11 is 0. The number of nitrogens with two attached hydrogens (primary N) is 1. The van der Waals surface area contributed by atoms with E-state index in [0.717, 1.165) is 5.56 Å². The number of aromatic carboxylic acids is 1. The molecule has 0 saturated carbocycles. The molecular weight excluding hydrogens is 418 g/mol. The molecule has 164 valence electrons. The largest absolute Gasteiger partial charge is 0.497 e. The Morgan fingerprint density at radius 2 is 2.19 bits per heavy atom. The van der Waals surface area contributed by atoms with Gasteiger partial charge in [0, 0.05) is 23.9 Å². The third-order valence-electron chi connectivity index (χ3n) is 5.23. The highest BCUT2D eigenvalue weighted by atomic mass is 16.5. The first kappa shape index (κ1) is 21.1. The van der Waals surface area contributed by atoms with E-state index in [0.29, 0.717) is 11.3 Å². The molecular formula is C21H19N5O6. The lowest BCUT2D eigenvalue weighted by Crippen LogP contribution is -2.54. The second-order valence-corrected chi connectivity index (χ2v) is 7.32. The lowest BCUT2D eigenvalue weighted by Gasteiger charge is -2.26. The number of carbonyl (C=O) groups is 3. The number of ether oxygens (including phenoxy) is 1. The number of rotatable bonds is 4. The summed E-state index contributed by atoms with van der Waals surface area (Å²) in [5.41, 5.74) is 5.13.